The third-order valence-corrected chi connectivity index (χ3v) is 5.39. The molecule has 104 valence electrons. The highest BCUT2D eigenvalue weighted by molar-refractivity contribution is 7.99. The van der Waals surface area contributed by atoms with Crippen LogP contribution in [0.4, 0.5) is 0 Å². The summed E-state index contributed by atoms with van der Waals surface area (Å²) in [5.41, 5.74) is 2.84. The second-order valence-corrected chi connectivity index (χ2v) is 6.88. The normalized spacial score (nSPS) is 18.4. The van der Waals surface area contributed by atoms with Crippen molar-refractivity contribution in [2.24, 2.45) is 0 Å². The Kier molecular flexibility index (Phi) is 4.20. The van der Waals surface area contributed by atoms with Gasteiger partial charge in [0.2, 0.25) is 0 Å². The van der Waals surface area contributed by atoms with Gasteiger partial charge in [0.1, 0.15) is 16.1 Å². The number of benzene rings is 1. The van der Waals surface area contributed by atoms with Crippen molar-refractivity contribution in [3.63, 3.8) is 0 Å². The summed E-state index contributed by atoms with van der Waals surface area (Å²) >= 11 is 14.6. The Morgan fingerprint density at radius 3 is 2.45 bits per heavy atom. The zero-order valence-electron chi connectivity index (χ0n) is 11.1. The minimum Gasteiger partial charge on any atom is -0.219 e. The van der Waals surface area contributed by atoms with Crippen LogP contribution in [0.3, 0.4) is 0 Å². The van der Waals surface area contributed by atoms with Gasteiger partial charge in [0.05, 0.1) is 10.8 Å². The number of nitrogens with zero attached hydrogens (tertiary/aromatic N) is 2. The van der Waals surface area contributed by atoms with E-state index in [1.807, 2.05) is 43.0 Å². The number of hydrogen-bond donors (Lipinski definition) is 0. The fourth-order valence-corrected chi connectivity index (χ4v) is 4.23. The summed E-state index contributed by atoms with van der Waals surface area (Å²) in [6.45, 7) is 2.03. The van der Waals surface area contributed by atoms with Gasteiger partial charge in [-0.15, -0.1) is 0 Å². The lowest BCUT2D eigenvalue weighted by atomic mass is 10.0. The molecule has 1 aromatic heterocycles. The second kappa shape index (κ2) is 5.92. The van der Waals surface area contributed by atoms with Crippen LogP contribution in [0, 0.1) is 6.92 Å². The molecule has 1 fully saturated rings. The van der Waals surface area contributed by atoms with E-state index in [1.54, 1.807) is 0 Å². The van der Waals surface area contributed by atoms with E-state index in [9.17, 15) is 0 Å². The lowest BCUT2D eigenvalue weighted by molar-refractivity contribution is 0.777. The van der Waals surface area contributed by atoms with Gasteiger partial charge >= 0.3 is 0 Å². The molecule has 1 atom stereocenters. The Balaban J connectivity index is 2.07. The van der Waals surface area contributed by atoms with E-state index in [1.165, 1.54) is 6.42 Å². The number of halogens is 2. The number of hydrogen-bond acceptors (Lipinski definition) is 3. The number of rotatable bonds is 2. The van der Waals surface area contributed by atoms with Crippen molar-refractivity contribution >= 4 is 35.0 Å². The largest absolute Gasteiger partial charge is 0.219 e. The van der Waals surface area contributed by atoms with Crippen LogP contribution in [0.1, 0.15) is 29.5 Å². The van der Waals surface area contributed by atoms with Gasteiger partial charge < -0.3 is 0 Å². The maximum absolute atomic E-state index is 6.37. The monoisotopic (exact) mass is 324 g/mol. The van der Waals surface area contributed by atoms with Gasteiger partial charge in [0.15, 0.2) is 0 Å². The van der Waals surface area contributed by atoms with Gasteiger partial charge in [-0.2, -0.15) is 11.8 Å². The first-order chi connectivity index (χ1) is 9.66. The van der Waals surface area contributed by atoms with E-state index in [-0.39, 0.29) is 0 Å². The zero-order chi connectivity index (χ0) is 14.1. The van der Waals surface area contributed by atoms with Crippen molar-refractivity contribution in [2.45, 2.75) is 25.0 Å². The van der Waals surface area contributed by atoms with Crippen molar-refractivity contribution in [2.75, 3.05) is 5.75 Å². The van der Waals surface area contributed by atoms with E-state index in [0.717, 1.165) is 34.7 Å². The fourth-order valence-electron chi connectivity index (χ4n) is 2.42. The minimum atomic E-state index is 0.330. The summed E-state index contributed by atoms with van der Waals surface area (Å²) in [4.78, 5) is 8.97. The van der Waals surface area contributed by atoms with E-state index in [2.05, 4.69) is 9.97 Å². The molecule has 1 aromatic carbocycles. The maximum atomic E-state index is 6.37. The van der Waals surface area contributed by atoms with Crippen molar-refractivity contribution < 1.29 is 0 Å². The molecule has 0 saturated carbocycles. The standard InChI is InChI=1S/C15H14Cl2N2S/c1-9-5-2-3-6-10(9)12-13(16)18-15(19-14(12)17)11-7-4-8-20-11/h2-3,5-6,11H,4,7-8H2,1H3. The molecule has 1 unspecified atom stereocenters. The molecule has 1 aliphatic rings. The predicted octanol–water partition coefficient (Wildman–Crippen LogP) is 5.33. The molecule has 0 radical (unpaired) electrons. The SMILES string of the molecule is Cc1ccccc1-c1c(Cl)nc(C2CCCS2)nc1Cl. The molecular weight excluding hydrogens is 311 g/mol. The van der Waals surface area contributed by atoms with E-state index in [4.69, 9.17) is 23.2 Å². The van der Waals surface area contributed by atoms with Gasteiger partial charge in [-0.3, -0.25) is 0 Å². The first kappa shape index (κ1) is 14.2. The van der Waals surface area contributed by atoms with Crippen LogP contribution in [0.25, 0.3) is 11.1 Å². The lowest BCUT2D eigenvalue weighted by Gasteiger charge is -2.13. The second-order valence-electron chi connectivity index (χ2n) is 4.86. The molecule has 0 bridgehead atoms. The van der Waals surface area contributed by atoms with E-state index in [0.29, 0.717) is 15.6 Å². The average Bonchev–Trinajstić information content (AvgIpc) is 2.94. The summed E-state index contributed by atoms with van der Waals surface area (Å²) in [5.74, 6) is 1.92. The Labute approximate surface area is 132 Å². The Morgan fingerprint density at radius 2 is 1.85 bits per heavy atom. The summed E-state index contributed by atoms with van der Waals surface area (Å²) in [5, 5.41) is 1.22. The average molecular weight is 325 g/mol. The van der Waals surface area contributed by atoms with Crippen LogP contribution >= 0.6 is 35.0 Å². The fraction of sp³-hybridized carbons (Fsp3) is 0.333. The van der Waals surface area contributed by atoms with Crippen molar-refractivity contribution in [1.29, 1.82) is 0 Å². The van der Waals surface area contributed by atoms with Crippen molar-refractivity contribution in [1.82, 2.24) is 9.97 Å². The molecule has 1 aliphatic heterocycles. The molecule has 0 N–H and O–H groups in total. The van der Waals surface area contributed by atoms with Gasteiger partial charge in [0, 0.05) is 0 Å². The summed E-state index contributed by atoms with van der Waals surface area (Å²) in [6.07, 6.45) is 2.30. The van der Waals surface area contributed by atoms with Crippen molar-refractivity contribution in [3.05, 3.63) is 46.0 Å². The molecule has 3 rings (SSSR count). The molecule has 2 nitrogen and oxygen atoms in total. The van der Waals surface area contributed by atoms with Crippen LogP contribution in [0.5, 0.6) is 0 Å². The lowest BCUT2D eigenvalue weighted by Crippen LogP contribution is -2.01. The molecule has 2 aromatic rings. The molecule has 20 heavy (non-hydrogen) atoms. The first-order valence-electron chi connectivity index (χ1n) is 6.57. The number of aryl methyl sites for hydroxylation is 1. The molecule has 2 heterocycles. The number of aromatic nitrogens is 2. The Morgan fingerprint density at radius 1 is 1.15 bits per heavy atom. The molecule has 0 spiro atoms. The first-order valence-corrected chi connectivity index (χ1v) is 8.38. The highest BCUT2D eigenvalue weighted by Gasteiger charge is 2.23. The highest BCUT2D eigenvalue weighted by atomic mass is 35.5. The van der Waals surface area contributed by atoms with Gasteiger partial charge in [0.25, 0.3) is 0 Å². The molecule has 5 heteroatoms. The van der Waals surface area contributed by atoms with E-state index < -0.39 is 0 Å². The van der Waals surface area contributed by atoms with Gasteiger partial charge in [-0.05, 0) is 36.6 Å². The topological polar surface area (TPSA) is 25.8 Å². The molecular formula is C15H14Cl2N2S. The molecule has 1 saturated heterocycles. The summed E-state index contributed by atoms with van der Waals surface area (Å²) in [6, 6.07) is 7.99. The quantitative estimate of drug-likeness (QED) is 0.698. The van der Waals surface area contributed by atoms with Gasteiger partial charge in [-0.1, -0.05) is 47.5 Å². The van der Waals surface area contributed by atoms with Crippen LogP contribution in [0.2, 0.25) is 10.3 Å². The summed E-state index contributed by atoms with van der Waals surface area (Å²) in [7, 11) is 0. The Hall–Kier alpha value is -0.770. The zero-order valence-corrected chi connectivity index (χ0v) is 13.4. The summed E-state index contributed by atoms with van der Waals surface area (Å²) < 4.78 is 0. The minimum absolute atomic E-state index is 0.330. The predicted molar refractivity (Wildman–Crippen MR) is 86.7 cm³/mol. The van der Waals surface area contributed by atoms with Gasteiger partial charge in [-0.25, -0.2) is 9.97 Å². The Bertz CT molecular complexity index is 617. The van der Waals surface area contributed by atoms with Crippen LogP contribution in [-0.2, 0) is 0 Å². The smallest absolute Gasteiger partial charge is 0.144 e. The molecule has 0 aliphatic carbocycles. The van der Waals surface area contributed by atoms with Crippen LogP contribution in [0.15, 0.2) is 24.3 Å². The molecule has 0 amide bonds. The highest BCUT2D eigenvalue weighted by Crippen LogP contribution is 2.41. The van der Waals surface area contributed by atoms with Crippen molar-refractivity contribution in [3.8, 4) is 11.1 Å². The third kappa shape index (κ3) is 2.67. The van der Waals surface area contributed by atoms with Crippen LogP contribution < -0.4 is 0 Å². The number of thioether (sulfide) groups is 1. The maximum Gasteiger partial charge on any atom is 0.144 e. The van der Waals surface area contributed by atoms with Crippen LogP contribution in [-0.4, -0.2) is 15.7 Å². The van der Waals surface area contributed by atoms with E-state index >= 15 is 0 Å². The third-order valence-electron chi connectivity index (χ3n) is 3.47.